The summed E-state index contributed by atoms with van der Waals surface area (Å²) in [6.07, 6.45) is 0.759. The molecule has 3 aromatic rings. The third-order valence-corrected chi connectivity index (χ3v) is 5.40. The van der Waals surface area contributed by atoms with Gasteiger partial charge < -0.3 is 18.6 Å². The summed E-state index contributed by atoms with van der Waals surface area (Å²) in [4.78, 5) is 27.5. The predicted molar refractivity (Wildman–Crippen MR) is 125 cm³/mol. The number of hydrogen-bond acceptors (Lipinski definition) is 7. The van der Waals surface area contributed by atoms with Gasteiger partial charge in [-0.3, -0.25) is 9.69 Å². The van der Waals surface area contributed by atoms with Crippen LogP contribution in [0, 0.1) is 12.8 Å². The fraction of sp³-hybridized carbons (Fsp3) is 0.385. The van der Waals surface area contributed by atoms with Crippen LogP contribution in [0.4, 0.5) is 0 Å². The Balaban J connectivity index is 1.62. The van der Waals surface area contributed by atoms with Gasteiger partial charge in [0.25, 0.3) is 0 Å². The average Bonchev–Trinajstić information content (AvgIpc) is 2.80. The molecule has 2 heterocycles. The van der Waals surface area contributed by atoms with E-state index in [1.54, 1.807) is 37.3 Å². The lowest BCUT2D eigenvalue weighted by Gasteiger charge is -2.30. The van der Waals surface area contributed by atoms with E-state index in [9.17, 15) is 9.59 Å². The van der Waals surface area contributed by atoms with Gasteiger partial charge in [0.05, 0.1) is 23.1 Å². The van der Waals surface area contributed by atoms with Crippen molar-refractivity contribution in [3.8, 4) is 17.2 Å². The number of hydrogen-bond donors (Lipinski definition) is 0. The van der Waals surface area contributed by atoms with E-state index in [0.29, 0.717) is 53.8 Å². The highest BCUT2D eigenvalue weighted by molar-refractivity contribution is 5.89. The molecule has 7 heteroatoms. The number of ether oxygens (including phenoxy) is 3. The molecule has 0 amide bonds. The Hall–Kier alpha value is -3.32. The third-order valence-electron chi connectivity index (χ3n) is 5.40. The third kappa shape index (κ3) is 4.88. The van der Waals surface area contributed by atoms with Crippen LogP contribution in [0.15, 0.2) is 45.6 Å². The highest BCUT2D eigenvalue weighted by Gasteiger charge is 2.24. The standard InChI is InChI=1S/C26H29NO6/c1-5-12-30-26(29)18-6-8-19(9-7-18)33-24-17(4)32-25-20(23(24)28)10-11-22-21(25)14-27(15-31-22)13-16(2)3/h6-11,16H,5,12-15H2,1-4H3. The van der Waals surface area contributed by atoms with Crippen molar-refractivity contribution in [2.24, 2.45) is 5.92 Å². The van der Waals surface area contributed by atoms with Gasteiger partial charge >= 0.3 is 5.97 Å². The minimum absolute atomic E-state index is 0.125. The van der Waals surface area contributed by atoms with Crippen LogP contribution in [-0.4, -0.2) is 30.8 Å². The molecule has 0 saturated carbocycles. The molecule has 0 aliphatic carbocycles. The van der Waals surface area contributed by atoms with Crippen molar-refractivity contribution in [3.05, 3.63) is 63.5 Å². The lowest BCUT2D eigenvalue weighted by Crippen LogP contribution is -2.34. The summed E-state index contributed by atoms with van der Waals surface area (Å²) in [5.74, 6) is 1.79. The van der Waals surface area contributed by atoms with Gasteiger partial charge in [0.1, 0.15) is 29.6 Å². The van der Waals surface area contributed by atoms with E-state index in [2.05, 4.69) is 18.7 Å². The molecule has 0 bridgehead atoms. The van der Waals surface area contributed by atoms with Crippen LogP contribution in [0.5, 0.6) is 17.2 Å². The zero-order valence-electron chi connectivity index (χ0n) is 19.5. The Morgan fingerprint density at radius 3 is 2.61 bits per heavy atom. The van der Waals surface area contributed by atoms with E-state index in [0.717, 1.165) is 24.3 Å². The van der Waals surface area contributed by atoms with Crippen molar-refractivity contribution >= 4 is 16.9 Å². The smallest absolute Gasteiger partial charge is 0.338 e. The molecule has 0 spiro atoms. The Bertz CT molecular complexity index is 1210. The number of rotatable bonds is 7. The van der Waals surface area contributed by atoms with Gasteiger partial charge in [-0.15, -0.1) is 0 Å². The maximum absolute atomic E-state index is 13.3. The summed E-state index contributed by atoms with van der Waals surface area (Å²) in [6, 6.07) is 10.0. The molecular formula is C26H29NO6. The Morgan fingerprint density at radius 2 is 1.91 bits per heavy atom. The lowest BCUT2D eigenvalue weighted by atomic mass is 10.1. The maximum atomic E-state index is 13.3. The summed E-state index contributed by atoms with van der Waals surface area (Å²) in [6.45, 7) is 10.4. The molecule has 4 rings (SSSR count). The van der Waals surface area contributed by atoms with Crippen LogP contribution >= 0.6 is 0 Å². The Labute approximate surface area is 192 Å². The molecule has 0 N–H and O–H groups in total. The van der Waals surface area contributed by atoms with Crippen molar-refractivity contribution in [3.63, 3.8) is 0 Å². The number of esters is 1. The summed E-state index contributed by atoms with van der Waals surface area (Å²) < 4.78 is 23.0. The normalized spacial score (nSPS) is 13.6. The molecule has 0 fully saturated rings. The summed E-state index contributed by atoms with van der Waals surface area (Å²) in [5.41, 5.74) is 1.59. The van der Waals surface area contributed by atoms with Gasteiger partial charge in [0, 0.05) is 13.1 Å². The summed E-state index contributed by atoms with van der Waals surface area (Å²) >= 11 is 0. The van der Waals surface area contributed by atoms with Gasteiger partial charge in [-0.25, -0.2) is 4.79 Å². The largest absolute Gasteiger partial charge is 0.478 e. The van der Waals surface area contributed by atoms with Crippen molar-refractivity contribution in [1.29, 1.82) is 0 Å². The molecule has 33 heavy (non-hydrogen) atoms. The zero-order chi connectivity index (χ0) is 23.5. The number of carbonyl (C=O) groups is 1. The van der Waals surface area contributed by atoms with Gasteiger partial charge in [-0.2, -0.15) is 0 Å². The van der Waals surface area contributed by atoms with Crippen LogP contribution in [0.2, 0.25) is 0 Å². The number of benzene rings is 2. The molecule has 2 aromatic carbocycles. The van der Waals surface area contributed by atoms with Crippen LogP contribution in [0.3, 0.4) is 0 Å². The molecular weight excluding hydrogens is 422 g/mol. The SMILES string of the molecule is CCCOC(=O)c1ccc(Oc2c(C)oc3c4c(ccc3c2=O)OCN(CC(C)C)C4)cc1. The van der Waals surface area contributed by atoms with Crippen LogP contribution in [-0.2, 0) is 11.3 Å². The molecule has 0 saturated heterocycles. The van der Waals surface area contributed by atoms with Crippen molar-refractivity contribution in [1.82, 2.24) is 4.90 Å². The molecule has 1 aliphatic rings. The number of nitrogens with zero attached hydrogens (tertiary/aromatic N) is 1. The number of fused-ring (bicyclic) bond motifs is 3. The Kier molecular flexibility index (Phi) is 6.70. The molecule has 1 aromatic heterocycles. The van der Waals surface area contributed by atoms with E-state index >= 15 is 0 Å². The highest BCUT2D eigenvalue weighted by Crippen LogP contribution is 2.34. The minimum Gasteiger partial charge on any atom is -0.478 e. The maximum Gasteiger partial charge on any atom is 0.338 e. The topological polar surface area (TPSA) is 78.2 Å². The van der Waals surface area contributed by atoms with E-state index in [1.807, 2.05) is 13.0 Å². The van der Waals surface area contributed by atoms with Crippen molar-refractivity contribution in [2.75, 3.05) is 19.9 Å². The second kappa shape index (κ2) is 9.67. The molecule has 7 nitrogen and oxygen atoms in total. The van der Waals surface area contributed by atoms with E-state index in [4.69, 9.17) is 18.6 Å². The zero-order valence-corrected chi connectivity index (χ0v) is 19.5. The fourth-order valence-corrected chi connectivity index (χ4v) is 3.91. The average molecular weight is 452 g/mol. The quantitative estimate of drug-likeness (QED) is 0.453. The van der Waals surface area contributed by atoms with Crippen LogP contribution in [0.1, 0.15) is 48.9 Å². The number of aryl methyl sites for hydroxylation is 1. The first-order valence-corrected chi connectivity index (χ1v) is 11.3. The first-order valence-electron chi connectivity index (χ1n) is 11.3. The highest BCUT2D eigenvalue weighted by atomic mass is 16.5. The van der Waals surface area contributed by atoms with E-state index < -0.39 is 0 Å². The van der Waals surface area contributed by atoms with Gasteiger partial charge in [-0.1, -0.05) is 20.8 Å². The molecule has 1 aliphatic heterocycles. The van der Waals surface area contributed by atoms with Gasteiger partial charge in [-0.05, 0) is 55.7 Å². The molecule has 174 valence electrons. The first-order chi connectivity index (χ1) is 15.9. The van der Waals surface area contributed by atoms with Gasteiger partial charge in [0.15, 0.2) is 0 Å². The van der Waals surface area contributed by atoms with E-state index in [-0.39, 0.29) is 17.1 Å². The fourth-order valence-electron chi connectivity index (χ4n) is 3.91. The van der Waals surface area contributed by atoms with Crippen LogP contribution < -0.4 is 14.9 Å². The summed E-state index contributed by atoms with van der Waals surface area (Å²) in [7, 11) is 0. The number of carbonyl (C=O) groups excluding carboxylic acids is 1. The van der Waals surface area contributed by atoms with E-state index in [1.165, 1.54) is 0 Å². The predicted octanol–water partition coefficient (Wildman–Crippen LogP) is 5.27. The molecule has 0 atom stereocenters. The summed E-state index contributed by atoms with van der Waals surface area (Å²) in [5, 5.41) is 0.448. The molecule has 0 unspecified atom stereocenters. The Morgan fingerprint density at radius 1 is 1.15 bits per heavy atom. The van der Waals surface area contributed by atoms with Crippen molar-refractivity contribution < 1.29 is 23.4 Å². The second-order valence-electron chi connectivity index (χ2n) is 8.68. The van der Waals surface area contributed by atoms with Crippen LogP contribution in [0.25, 0.3) is 11.0 Å². The molecule has 0 radical (unpaired) electrons. The lowest BCUT2D eigenvalue weighted by molar-refractivity contribution is 0.0505. The minimum atomic E-state index is -0.386. The first kappa shape index (κ1) is 22.9. The second-order valence-corrected chi connectivity index (χ2v) is 8.68. The van der Waals surface area contributed by atoms with Crippen molar-refractivity contribution in [2.45, 2.75) is 40.7 Å². The van der Waals surface area contributed by atoms with Gasteiger partial charge in [0.2, 0.25) is 11.2 Å². The monoisotopic (exact) mass is 451 g/mol.